The molecule has 1 unspecified atom stereocenters. The zero-order valence-electron chi connectivity index (χ0n) is 11.8. The van der Waals surface area contributed by atoms with Gasteiger partial charge in [-0.3, -0.25) is 4.52 Å². The van der Waals surface area contributed by atoms with E-state index in [1.807, 2.05) is 66.8 Å². The second-order valence-corrected chi connectivity index (χ2v) is 6.43. The normalized spacial score (nSPS) is 13.4. The third kappa shape index (κ3) is 3.55. The molecule has 0 N–H and O–H groups in total. The van der Waals surface area contributed by atoms with Crippen LogP contribution in [0, 0.1) is 12.5 Å². The first kappa shape index (κ1) is 15.4. The maximum Gasteiger partial charge on any atom is 0.399 e. The molecule has 1 atom stereocenters. The van der Waals surface area contributed by atoms with Crippen LogP contribution < -0.4 is 0 Å². The van der Waals surface area contributed by atoms with E-state index in [-0.39, 0.29) is 6.61 Å². The molecule has 0 heterocycles. The first-order valence-electron chi connectivity index (χ1n) is 6.69. The predicted octanol–water partition coefficient (Wildman–Crippen LogP) is 4.61. The smallest absolute Gasteiger partial charge is 0.370 e. The van der Waals surface area contributed by atoms with Gasteiger partial charge >= 0.3 is 7.60 Å². The van der Waals surface area contributed by atoms with Crippen molar-refractivity contribution < 1.29 is 13.6 Å². The fourth-order valence-electron chi connectivity index (χ4n) is 2.24. The summed E-state index contributed by atoms with van der Waals surface area (Å²) in [5, 5.41) is 0. The SMILES string of the molecule is C#COP(=O)(OCC)C(c1ccccc1)c1ccccc1. The van der Waals surface area contributed by atoms with E-state index in [1.54, 1.807) is 6.92 Å². The Morgan fingerprint density at radius 3 is 1.90 bits per heavy atom. The fourth-order valence-corrected chi connectivity index (χ4v) is 4.12. The van der Waals surface area contributed by atoms with Crippen molar-refractivity contribution in [3.8, 4) is 12.5 Å². The largest absolute Gasteiger partial charge is 0.399 e. The predicted molar refractivity (Wildman–Crippen MR) is 83.9 cm³/mol. The lowest BCUT2D eigenvalue weighted by atomic mass is 10.0. The number of rotatable bonds is 6. The van der Waals surface area contributed by atoms with Gasteiger partial charge in [0.1, 0.15) is 11.8 Å². The molecule has 2 aromatic carbocycles. The lowest BCUT2D eigenvalue weighted by Crippen LogP contribution is -2.06. The minimum Gasteiger partial charge on any atom is -0.370 e. The van der Waals surface area contributed by atoms with Gasteiger partial charge in [0.2, 0.25) is 0 Å². The average molecular weight is 300 g/mol. The highest BCUT2D eigenvalue weighted by atomic mass is 31.2. The van der Waals surface area contributed by atoms with E-state index >= 15 is 0 Å². The van der Waals surface area contributed by atoms with Gasteiger partial charge in [-0.2, -0.15) is 0 Å². The van der Waals surface area contributed by atoms with Crippen LogP contribution >= 0.6 is 7.60 Å². The number of terminal acetylenes is 1. The lowest BCUT2D eigenvalue weighted by Gasteiger charge is -2.25. The van der Waals surface area contributed by atoms with Crippen molar-refractivity contribution in [2.45, 2.75) is 12.6 Å². The van der Waals surface area contributed by atoms with Crippen LogP contribution in [0.5, 0.6) is 0 Å². The van der Waals surface area contributed by atoms with Gasteiger partial charge in [-0.25, -0.2) is 4.57 Å². The molecule has 108 valence electrons. The summed E-state index contributed by atoms with van der Waals surface area (Å²) in [5.74, 6) is 0. The number of benzene rings is 2. The van der Waals surface area contributed by atoms with Crippen molar-refractivity contribution >= 4 is 7.60 Å². The van der Waals surface area contributed by atoms with Crippen molar-refractivity contribution in [1.82, 2.24) is 0 Å². The van der Waals surface area contributed by atoms with Crippen molar-refractivity contribution in [1.29, 1.82) is 0 Å². The zero-order valence-corrected chi connectivity index (χ0v) is 12.7. The van der Waals surface area contributed by atoms with E-state index in [4.69, 9.17) is 15.5 Å². The molecule has 0 amide bonds. The Labute approximate surface area is 125 Å². The molecule has 2 aromatic rings. The van der Waals surface area contributed by atoms with Crippen LogP contribution in [0.1, 0.15) is 23.7 Å². The van der Waals surface area contributed by atoms with Crippen LogP contribution in [0.25, 0.3) is 0 Å². The molecular weight excluding hydrogens is 283 g/mol. The van der Waals surface area contributed by atoms with Crippen molar-refractivity contribution in [3.63, 3.8) is 0 Å². The second-order valence-electron chi connectivity index (χ2n) is 4.39. The van der Waals surface area contributed by atoms with Crippen molar-refractivity contribution in [3.05, 3.63) is 71.8 Å². The standard InChI is InChI=1S/C17H17O3P/c1-3-19-21(18,20-4-2)17(15-11-7-5-8-12-15)16-13-9-6-10-14-16/h1,5-14,17H,4H2,2H3. The third-order valence-corrected chi connectivity index (χ3v) is 5.24. The van der Waals surface area contributed by atoms with E-state index in [2.05, 4.69) is 0 Å². The highest BCUT2D eigenvalue weighted by molar-refractivity contribution is 7.54. The molecule has 2 rings (SSSR count). The van der Waals surface area contributed by atoms with Crippen LogP contribution in [-0.2, 0) is 13.6 Å². The van der Waals surface area contributed by atoms with Crippen LogP contribution in [0.3, 0.4) is 0 Å². The molecule has 0 saturated carbocycles. The summed E-state index contributed by atoms with van der Waals surface area (Å²) in [6, 6.07) is 18.9. The van der Waals surface area contributed by atoms with Crippen LogP contribution in [0.15, 0.2) is 60.7 Å². The average Bonchev–Trinajstić information content (AvgIpc) is 2.50. The van der Waals surface area contributed by atoms with Crippen LogP contribution in [-0.4, -0.2) is 6.61 Å². The van der Waals surface area contributed by atoms with Gasteiger partial charge in [-0.15, -0.1) is 0 Å². The Balaban J connectivity index is 2.56. The van der Waals surface area contributed by atoms with E-state index in [0.717, 1.165) is 11.1 Å². The topological polar surface area (TPSA) is 35.5 Å². The molecule has 0 saturated heterocycles. The Morgan fingerprint density at radius 2 is 1.52 bits per heavy atom. The summed E-state index contributed by atoms with van der Waals surface area (Å²) in [7, 11) is -3.51. The Bertz CT molecular complexity index is 607. The minimum atomic E-state index is -3.51. The maximum absolute atomic E-state index is 13.1. The summed E-state index contributed by atoms with van der Waals surface area (Å²) < 4.78 is 23.7. The van der Waals surface area contributed by atoms with Gasteiger partial charge in [0.25, 0.3) is 0 Å². The molecule has 0 aliphatic heterocycles. The van der Waals surface area contributed by atoms with Gasteiger partial charge in [0.05, 0.1) is 6.61 Å². The quantitative estimate of drug-likeness (QED) is 0.577. The van der Waals surface area contributed by atoms with Crippen LogP contribution in [0.4, 0.5) is 0 Å². The lowest BCUT2D eigenvalue weighted by molar-refractivity contribution is 0.264. The molecule has 0 bridgehead atoms. The second kappa shape index (κ2) is 7.13. The maximum atomic E-state index is 13.1. The minimum absolute atomic E-state index is 0.259. The zero-order chi connectivity index (χ0) is 15.1. The van der Waals surface area contributed by atoms with E-state index in [9.17, 15) is 4.57 Å². The Morgan fingerprint density at radius 1 is 1.05 bits per heavy atom. The van der Waals surface area contributed by atoms with Gasteiger partial charge in [0.15, 0.2) is 0 Å². The summed E-state index contributed by atoms with van der Waals surface area (Å²) >= 11 is 0. The van der Waals surface area contributed by atoms with Crippen molar-refractivity contribution in [2.24, 2.45) is 0 Å². The molecule has 3 nitrogen and oxygen atoms in total. The molecule has 21 heavy (non-hydrogen) atoms. The number of hydrogen-bond acceptors (Lipinski definition) is 3. The molecule has 4 heteroatoms. The van der Waals surface area contributed by atoms with E-state index in [0.29, 0.717) is 0 Å². The summed E-state index contributed by atoms with van der Waals surface area (Å²) in [6.45, 7) is 2.02. The molecule has 0 spiro atoms. The van der Waals surface area contributed by atoms with Gasteiger partial charge in [-0.1, -0.05) is 67.1 Å². The first-order valence-corrected chi connectivity index (χ1v) is 8.31. The van der Waals surface area contributed by atoms with Crippen molar-refractivity contribution in [2.75, 3.05) is 6.61 Å². The van der Waals surface area contributed by atoms with Gasteiger partial charge in [0, 0.05) is 0 Å². The molecule has 0 fully saturated rings. The van der Waals surface area contributed by atoms with E-state index in [1.165, 1.54) is 0 Å². The Hall–Kier alpha value is -2.01. The molecule has 0 aliphatic rings. The van der Waals surface area contributed by atoms with E-state index < -0.39 is 13.3 Å². The first-order chi connectivity index (χ1) is 10.2. The fraction of sp³-hybridized carbons (Fsp3) is 0.176. The summed E-state index contributed by atoms with van der Waals surface area (Å²) in [6.07, 6.45) is 7.24. The monoisotopic (exact) mass is 300 g/mol. The molecule has 0 aliphatic carbocycles. The van der Waals surface area contributed by atoms with Crippen LogP contribution in [0.2, 0.25) is 0 Å². The molecule has 0 radical (unpaired) electrons. The highest BCUT2D eigenvalue weighted by Crippen LogP contribution is 2.63. The number of hydrogen-bond donors (Lipinski definition) is 0. The van der Waals surface area contributed by atoms with Gasteiger partial charge in [-0.05, 0) is 18.1 Å². The highest BCUT2D eigenvalue weighted by Gasteiger charge is 2.39. The third-order valence-electron chi connectivity index (χ3n) is 3.04. The molecular formula is C17H17O3P. The Kier molecular flexibility index (Phi) is 5.22. The summed E-state index contributed by atoms with van der Waals surface area (Å²) in [4.78, 5) is 0. The molecule has 0 aromatic heterocycles. The van der Waals surface area contributed by atoms with Gasteiger partial charge < -0.3 is 4.52 Å². The summed E-state index contributed by atoms with van der Waals surface area (Å²) in [5.41, 5.74) is 1.14.